The molecule has 1 unspecified atom stereocenters. The number of amides is 1. The zero-order valence-electron chi connectivity index (χ0n) is 15.3. The number of carbonyl (C=O) groups is 1. The number of aryl methyl sites for hydroxylation is 1. The van der Waals surface area contributed by atoms with E-state index in [9.17, 15) is 14.9 Å². The van der Waals surface area contributed by atoms with E-state index in [-0.39, 0.29) is 30.0 Å². The first kappa shape index (κ1) is 18.3. The number of hydrogen-bond acceptors (Lipinski definition) is 5. The molecule has 1 N–H and O–H groups in total. The van der Waals surface area contributed by atoms with Gasteiger partial charge in [-0.2, -0.15) is 10.2 Å². The molecule has 140 valence electrons. The number of benzene rings is 1. The standard InChI is InChI=1S/C18H20N6O3/c1-12(15-7-5-4-6-8-15)19-18(25)16-9-10-22(21-16)11-23-14(3)17(24(26)27)13(2)20-23/h4-10,12H,11H2,1-3H3,(H,19,25). The van der Waals surface area contributed by atoms with Crippen molar-refractivity contribution in [3.8, 4) is 0 Å². The number of nitro groups is 1. The minimum atomic E-state index is -0.443. The molecule has 0 saturated carbocycles. The van der Waals surface area contributed by atoms with Crippen molar-refractivity contribution in [1.29, 1.82) is 0 Å². The average Bonchev–Trinajstić information content (AvgIpc) is 3.20. The van der Waals surface area contributed by atoms with Gasteiger partial charge in [-0.05, 0) is 32.4 Å². The van der Waals surface area contributed by atoms with Gasteiger partial charge in [-0.25, -0.2) is 4.68 Å². The highest BCUT2D eigenvalue weighted by atomic mass is 16.6. The lowest BCUT2D eigenvalue weighted by Crippen LogP contribution is -2.27. The molecule has 0 spiro atoms. The molecule has 9 heteroatoms. The Bertz CT molecular complexity index is 976. The van der Waals surface area contributed by atoms with Crippen LogP contribution in [0.5, 0.6) is 0 Å². The summed E-state index contributed by atoms with van der Waals surface area (Å²) in [6, 6.07) is 11.1. The van der Waals surface area contributed by atoms with Crippen molar-refractivity contribution in [3.05, 3.63) is 75.4 Å². The molecule has 0 aliphatic heterocycles. The third kappa shape index (κ3) is 3.86. The van der Waals surface area contributed by atoms with Crippen LogP contribution in [0.3, 0.4) is 0 Å². The van der Waals surface area contributed by atoms with Crippen LogP contribution in [0.15, 0.2) is 42.6 Å². The van der Waals surface area contributed by atoms with Crippen molar-refractivity contribution in [1.82, 2.24) is 24.9 Å². The van der Waals surface area contributed by atoms with Crippen LogP contribution in [-0.4, -0.2) is 30.4 Å². The summed E-state index contributed by atoms with van der Waals surface area (Å²) in [6.07, 6.45) is 1.64. The van der Waals surface area contributed by atoms with Crippen molar-refractivity contribution in [2.24, 2.45) is 0 Å². The highest BCUT2D eigenvalue weighted by Gasteiger charge is 2.22. The molecule has 0 aliphatic rings. The highest BCUT2D eigenvalue weighted by Crippen LogP contribution is 2.21. The molecule has 1 atom stereocenters. The molecular weight excluding hydrogens is 348 g/mol. The predicted molar refractivity (Wildman–Crippen MR) is 98.3 cm³/mol. The van der Waals surface area contributed by atoms with Gasteiger partial charge in [0.15, 0.2) is 0 Å². The second kappa shape index (κ2) is 7.40. The summed E-state index contributed by atoms with van der Waals surface area (Å²) < 4.78 is 3.01. The molecule has 27 heavy (non-hydrogen) atoms. The van der Waals surface area contributed by atoms with Crippen LogP contribution in [0.1, 0.15) is 40.4 Å². The molecule has 9 nitrogen and oxygen atoms in total. The molecule has 0 saturated heterocycles. The first-order chi connectivity index (χ1) is 12.9. The van der Waals surface area contributed by atoms with E-state index in [2.05, 4.69) is 15.5 Å². The smallest absolute Gasteiger partial charge is 0.312 e. The van der Waals surface area contributed by atoms with Gasteiger partial charge in [0.2, 0.25) is 0 Å². The van der Waals surface area contributed by atoms with Crippen molar-refractivity contribution in [2.45, 2.75) is 33.5 Å². The first-order valence-corrected chi connectivity index (χ1v) is 8.44. The maximum absolute atomic E-state index is 12.4. The van der Waals surface area contributed by atoms with Crippen LogP contribution in [0.4, 0.5) is 5.69 Å². The zero-order valence-corrected chi connectivity index (χ0v) is 15.3. The summed E-state index contributed by atoms with van der Waals surface area (Å²) in [4.78, 5) is 23.1. The summed E-state index contributed by atoms with van der Waals surface area (Å²) in [5, 5.41) is 22.4. The fourth-order valence-electron chi connectivity index (χ4n) is 2.88. The lowest BCUT2D eigenvalue weighted by atomic mass is 10.1. The van der Waals surface area contributed by atoms with Gasteiger partial charge in [-0.15, -0.1) is 0 Å². The molecule has 0 bridgehead atoms. The molecule has 2 heterocycles. The van der Waals surface area contributed by atoms with Gasteiger partial charge in [-0.1, -0.05) is 30.3 Å². The summed E-state index contributed by atoms with van der Waals surface area (Å²) in [5.74, 6) is -0.288. The molecule has 0 radical (unpaired) electrons. The molecule has 0 fully saturated rings. The van der Waals surface area contributed by atoms with E-state index in [4.69, 9.17) is 0 Å². The van der Waals surface area contributed by atoms with Crippen LogP contribution in [0.25, 0.3) is 0 Å². The van der Waals surface area contributed by atoms with Crippen molar-refractivity contribution in [2.75, 3.05) is 0 Å². The second-order valence-electron chi connectivity index (χ2n) is 6.26. The van der Waals surface area contributed by atoms with Gasteiger partial charge in [0.25, 0.3) is 5.91 Å². The molecule has 1 aromatic carbocycles. The summed E-state index contributed by atoms with van der Waals surface area (Å²) in [7, 11) is 0. The van der Waals surface area contributed by atoms with Gasteiger partial charge < -0.3 is 5.32 Å². The SMILES string of the molecule is Cc1nn(Cn2ccc(C(=O)NC(C)c3ccccc3)n2)c(C)c1[N+](=O)[O-]. The van der Waals surface area contributed by atoms with Crippen LogP contribution in [-0.2, 0) is 6.67 Å². The normalized spacial score (nSPS) is 12.0. The fourth-order valence-corrected chi connectivity index (χ4v) is 2.88. The quantitative estimate of drug-likeness (QED) is 0.531. The minimum Gasteiger partial charge on any atom is -0.344 e. The predicted octanol–water partition coefficient (Wildman–Crippen LogP) is 2.60. The van der Waals surface area contributed by atoms with E-state index in [1.54, 1.807) is 26.1 Å². The number of nitrogens with one attached hydrogen (secondary N) is 1. The zero-order chi connectivity index (χ0) is 19.6. The van der Waals surface area contributed by atoms with Crippen LogP contribution in [0.2, 0.25) is 0 Å². The van der Waals surface area contributed by atoms with Crippen molar-refractivity contribution >= 4 is 11.6 Å². The Morgan fingerprint density at radius 1 is 1.22 bits per heavy atom. The third-order valence-electron chi connectivity index (χ3n) is 4.33. The molecule has 1 amide bonds. The van der Waals surface area contributed by atoms with E-state index in [0.29, 0.717) is 11.4 Å². The van der Waals surface area contributed by atoms with E-state index in [1.807, 2.05) is 37.3 Å². The van der Waals surface area contributed by atoms with Gasteiger partial charge in [0, 0.05) is 6.20 Å². The molecular formula is C18H20N6O3. The minimum absolute atomic E-state index is 0.00296. The van der Waals surface area contributed by atoms with Gasteiger partial charge in [0.05, 0.1) is 11.0 Å². The van der Waals surface area contributed by atoms with E-state index in [1.165, 1.54) is 9.36 Å². The first-order valence-electron chi connectivity index (χ1n) is 8.44. The van der Waals surface area contributed by atoms with Crippen molar-refractivity contribution < 1.29 is 9.72 Å². The van der Waals surface area contributed by atoms with Crippen LogP contribution in [0, 0.1) is 24.0 Å². The third-order valence-corrected chi connectivity index (χ3v) is 4.33. The Morgan fingerprint density at radius 3 is 2.56 bits per heavy atom. The summed E-state index contributed by atoms with van der Waals surface area (Å²) in [5.41, 5.74) is 2.06. The van der Waals surface area contributed by atoms with E-state index in [0.717, 1.165) is 5.56 Å². The number of aromatic nitrogens is 4. The van der Waals surface area contributed by atoms with Crippen LogP contribution < -0.4 is 5.32 Å². The summed E-state index contributed by atoms with van der Waals surface area (Å²) in [6.45, 7) is 5.31. The lowest BCUT2D eigenvalue weighted by molar-refractivity contribution is -0.386. The van der Waals surface area contributed by atoms with Gasteiger partial charge in [0.1, 0.15) is 23.8 Å². The second-order valence-corrected chi connectivity index (χ2v) is 6.26. The number of hydrogen-bond donors (Lipinski definition) is 1. The Hall–Kier alpha value is -3.49. The Labute approximate surface area is 155 Å². The Kier molecular flexibility index (Phi) is 5.02. The Balaban J connectivity index is 1.71. The largest absolute Gasteiger partial charge is 0.344 e. The topological polar surface area (TPSA) is 108 Å². The summed E-state index contributed by atoms with van der Waals surface area (Å²) >= 11 is 0. The fraction of sp³-hybridized carbons (Fsp3) is 0.278. The van der Waals surface area contributed by atoms with E-state index < -0.39 is 4.92 Å². The monoisotopic (exact) mass is 368 g/mol. The number of carbonyl (C=O) groups excluding carboxylic acids is 1. The van der Waals surface area contributed by atoms with E-state index >= 15 is 0 Å². The maximum atomic E-state index is 12.4. The number of nitrogens with zero attached hydrogens (tertiary/aromatic N) is 5. The molecule has 2 aromatic heterocycles. The maximum Gasteiger partial charge on any atom is 0.312 e. The Morgan fingerprint density at radius 2 is 1.93 bits per heavy atom. The van der Waals surface area contributed by atoms with Gasteiger partial charge in [-0.3, -0.25) is 19.6 Å². The van der Waals surface area contributed by atoms with Gasteiger partial charge >= 0.3 is 5.69 Å². The molecule has 0 aliphatic carbocycles. The molecule has 3 rings (SSSR count). The molecule has 3 aromatic rings. The van der Waals surface area contributed by atoms with Crippen molar-refractivity contribution in [3.63, 3.8) is 0 Å². The highest BCUT2D eigenvalue weighted by molar-refractivity contribution is 5.92. The lowest BCUT2D eigenvalue weighted by Gasteiger charge is -2.13. The number of rotatable bonds is 6. The van der Waals surface area contributed by atoms with Crippen LogP contribution >= 0.6 is 0 Å². The average molecular weight is 368 g/mol.